The second-order valence-corrected chi connectivity index (χ2v) is 2.51. The molecule has 0 rings (SSSR count). The van der Waals surface area contributed by atoms with Gasteiger partial charge in [-0.05, 0) is 13.8 Å². The van der Waals surface area contributed by atoms with E-state index in [0.717, 1.165) is 0 Å². The number of hydrogen-bond acceptors (Lipinski definition) is 4. The van der Waals surface area contributed by atoms with Gasteiger partial charge in [-0.2, -0.15) is 0 Å². The van der Waals surface area contributed by atoms with Gasteiger partial charge < -0.3 is 10.2 Å². The monoisotopic (exact) mass is 192 g/mol. The molecule has 0 radical (unpaired) electrons. The number of aliphatic hydroxyl groups is 2. The van der Waals surface area contributed by atoms with Crippen LogP contribution in [-0.2, 0) is 0 Å². The molecule has 4 nitrogen and oxygen atoms in total. The van der Waals surface area contributed by atoms with Gasteiger partial charge in [0.05, 0.1) is 10.7 Å². The van der Waals surface area contributed by atoms with E-state index in [2.05, 4.69) is 0 Å². The molecule has 2 atom stereocenters. The van der Waals surface area contributed by atoms with Gasteiger partial charge in [0.2, 0.25) is 11.4 Å². The lowest BCUT2D eigenvalue weighted by atomic mass is 10.1. The minimum Gasteiger partial charge on any atom is -0.367 e. The topological polar surface area (TPSA) is 46.9 Å². The van der Waals surface area contributed by atoms with Crippen molar-refractivity contribution in [3.8, 4) is 0 Å². The smallest absolute Gasteiger partial charge is 0.223 e. The first-order valence-corrected chi connectivity index (χ1v) is 2.82. The summed E-state index contributed by atoms with van der Waals surface area (Å²) >= 11 is 0. The van der Waals surface area contributed by atoms with Crippen molar-refractivity contribution in [1.82, 2.24) is 10.7 Å². The Kier molecular flexibility index (Phi) is 3.02. The number of nitrogens with zero attached hydrogens (tertiary/aromatic N) is 2. The molecule has 0 aliphatic heterocycles. The molecule has 0 saturated heterocycles. The largest absolute Gasteiger partial charge is 0.367 e. The van der Waals surface area contributed by atoms with Gasteiger partial charge in [0.25, 0.3) is 0 Å². The van der Waals surface area contributed by atoms with Crippen molar-refractivity contribution in [1.29, 1.82) is 0 Å². The normalized spacial score (nSPS) is 22.5. The molecule has 0 aliphatic carbocycles. The average Bonchev–Trinajstić information content (AvgIpc) is 1.86. The second kappa shape index (κ2) is 3.13. The van der Waals surface area contributed by atoms with Crippen molar-refractivity contribution in [3.63, 3.8) is 0 Å². The highest BCUT2D eigenvalue weighted by Crippen LogP contribution is 2.30. The van der Waals surface area contributed by atoms with Crippen LogP contribution in [0.15, 0.2) is 0 Å². The summed E-state index contributed by atoms with van der Waals surface area (Å²) in [7, 11) is 0. The Bertz CT molecular complexity index is 143. The van der Waals surface area contributed by atoms with Crippen LogP contribution >= 0.6 is 0 Å². The van der Waals surface area contributed by atoms with Crippen LogP contribution < -0.4 is 0 Å². The first-order valence-electron chi connectivity index (χ1n) is 2.82. The zero-order valence-corrected chi connectivity index (χ0v) is 6.30. The highest BCUT2D eigenvalue weighted by molar-refractivity contribution is 4.83. The molecule has 8 heteroatoms. The third kappa shape index (κ3) is 1.66. The second-order valence-electron chi connectivity index (χ2n) is 2.51. The predicted molar refractivity (Wildman–Crippen MR) is 29.4 cm³/mol. The summed E-state index contributed by atoms with van der Waals surface area (Å²) in [6, 6.07) is 0. The molecule has 2 unspecified atom stereocenters. The maximum Gasteiger partial charge on any atom is 0.223 e. The molecule has 0 aromatic rings. The van der Waals surface area contributed by atoms with Gasteiger partial charge in [0, 0.05) is 0 Å². The summed E-state index contributed by atoms with van der Waals surface area (Å²) < 4.78 is 46.9. The van der Waals surface area contributed by atoms with E-state index in [1.165, 1.54) is 0 Å². The Morgan fingerprint density at radius 3 is 1.08 bits per heavy atom. The van der Waals surface area contributed by atoms with Crippen molar-refractivity contribution >= 4 is 0 Å². The van der Waals surface area contributed by atoms with E-state index in [1.807, 2.05) is 0 Å². The predicted octanol–water partition coefficient (Wildman–Crippen LogP) is 0.545. The lowest BCUT2D eigenvalue weighted by Crippen LogP contribution is -2.61. The van der Waals surface area contributed by atoms with Gasteiger partial charge in [-0.25, -0.2) is 0 Å². The summed E-state index contributed by atoms with van der Waals surface area (Å²) in [5.41, 5.74) is -6.70. The van der Waals surface area contributed by atoms with E-state index in [0.29, 0.717) is 13.8 Å². The summed E-state index contributed by atoms with van der Waals surface area (Å²) in [5, 5.41) is 13.6. The average molecular weight is 192 g/mol. The fraction of sp³-hybridized carbons (Fsp3) is 1.00. The number of hydrogen-bond donors (Lipinski definition) is 2. The van der Waals surface area contributed by atoms with Crippen LogP contribution in [0.2, 0.25) is 0 Å². The zero-order valence-electron chi connectivity index (χ0n) is 6.30. The Morgan fingerprint density at radius 1 is 0.833 bits per heavy atom. The zero-order chi connectivity index (χ0) is 10.2. The number of halogens is 4. The molecular weight excluding hydrogens is 184 g/mol. The van der Waals surface area contributed by atoms with Gasteiger partial charge in [-0.3, -0.25) is 0 Å². The molecule has 0 aliphatic rings. The summed E-state index contributed by atoms with van der Waals surface area (Å²) in [6.45, 7) is 0.693. The maximum absolute atomic E-state index is 11.7. The standard InChI is InChI=1S/C4H8F4N2O2/c1-3(11,9(5)6)4(2,12)10(7)8/h11-12H,1-2H3. The van der Waals surface area contributed by atoms with Crippen LogP contribution in [0.3, 0.4) is 0 Å². The fourth-order valence-corrected chi connectivity index (χ4v) is 0.320. The number of rotatable bonds is 3. The van der Waals surface area contributed by atoms with Crippen molar-refractivity contribution in [2.75, 3.05) is 0 Å². The minimum absolute atomic E-state index is 0.346. The van der Waals surface area contributed by atoms with Gasteiger partial charge in [-0.15, -0.1) is 0 Å². The molecule has 0 fully saturated rings. The highest BCUT2D eigenvalue weighted by atomic mass is 19.4. The first kappa shape index (κ1) is 11.6. The van der Waals surface area contributed by atoms with Crippen LogP contribution in [-0.4, -0.2) is 32.4 Å². The Labute approximate surface area is 65.3 Å². The molecule has 0 saturated carbocycles. The van der Waals surface area contributed by atoms with Gasteiger partial charge >= 0.3 is 0 Å². The third-order valence-electron chi connectivity index (χ3n) is 1.56. The summed E-state index contributed by atoms with van der Waals surface area (Å²) in [5.74, 6) is 0. The van der Waals surface area contributed by atoms with Gasteiger partial charge in [-0.1, -0.05) is 17.9 Å². The van der Waals surface area contributed by atoms with E-state index in [1.54, 1.807) is 0 Å². The molecule has 74 valence electrons. The minimum atomic E-state index is -3.35. The van der Waals surface area contributed by atoms with Crippen molar-refractivity contribution in [2.45, 2.75) is 25.3 Å². The van der Waals surface area contributed by atoms with E-state index in [9.17, 15) is 17.9 Å². The van der Waals surface area contributed by atoms with Crippen molar-refractivity contribution in [3.05, 3.63) is 0 Å². The van der Waals surface area contributed by atoms with E-state index >= 15 is 0 Å². The van der Waals surface area contributed by atoms with Crippen LogP contribution in [0.1, 0.15) is 13.8 Å². The molecule has 0 bridgehead atoms. The van der Waals surface area contributed by atoms with Gasteiger partial charge in [0.1, 0.15) is 0 Å². The molecule has 2 N–H and O–H groups in total. The van der Waals surface area contributed by atoms with Crippen molar-refractivity contribution in [2.24, 2.45) is 0 Å². The molecule has 0 amide bonds. The quantitative estimate of drug-likeness (QED) is 0.389. The molecular formula is C4H8F4N2O2. The van der Waals surface area contributed by atoms with E-state index < -0.39 is 22.1 Å². The Balaban J connectivity index is 4.75. The van der Waals surface area contributed by atoms with Crippen LogP contribution in [0, 0.1) is 0 Å². The molecule has 0 aromatic carbocycles. The van der Waals surface area contributed by atoms with Crippen molar-refractivity contribution < 1.29 is 28.1 Å². The van der Waals surface area contributed by atoms with E-state index in [4.69, 9.17) is 10.2 Å². The SMILES string of the molecule is CC(O)(N(F)F)C(C)(O)N(F)F. The molecule has 0 spiro atoms. The first-order chi connectivity index (χ1) is 5.14. The lowest BCUT2D eigenvalue weighted by Gasteiger charge is -2.36. The van der Waals surface area contributed by atoms with E-state index in [-0.39, 0.29) is 0 Å². The molecule has 12 heavy (non-hydrogen) atoms. The van der Waals surface area contributed by atoms with Gasteiger partial charge in [0.15, 0.2) is 0 Å². The fourth-order valence-electron chi connectivity index (χ4n) is 0.320. The molecule has 0 heterocycles. The maximum atomic E-state index is 11.7. The van der Waals surface area contributed by atoms with Crippen LogP contribution in [0.4, 0.5) is 17.9 Å². The Hall–Kier alpha value is -0.440. The van der Waals surface area contributed by atoms with Crippen LogP contribution in [0.25, 0.3) is 0 Å². The molecule has 0 aromatic heterocycles. The third-order valence-corrected chi connectivity index (χ3v) is 1.56. The lowest BCUT2D eigenvalue weighted by molar-refractivity contribution is -0.431. The summed E-state index contributed by atoms with van der Waals surface area (Å²) in [6.07, 6.45) is 0. The highest BCUT2D eigenvalue weighted by Gasteiger charge is 2.54. The summed E-state index contributed by atoms with van der Waals surface area (Å²) in [4.78, 5) is 0. The van der Waals surface area contributed by atoms with Crippen LogP contribution in [0.5, 0.6) is 0 Å². The Morgan fingerprint density at radius 2 is 1.00 bits per heavy atom.